The molecule has 0 heterocycles. The highest BCUT2D eigenvalue weighted by molar-refractivity contribution is 14.1. The summed E-state index contributed by atoms with van der Waals surface area (Å²) in [5, 5.41) is 9.24. The lowest BCUT2D eigenvalue weighted by molar-refractivity contribution is 1.46. The van der Waals surface area contributed by atoms with Gasteiger partial charge in [0.1, 0.15) is 0 Å². The highest BCUT2D eigenvalue weighted by Crippen LogP contribution is 2.19. The van der Waals surface area contributed by atoms with Crippen LogP contribution in [0.1, 0.15) is 16.7 Å². The maximum absolute atomic E-state index is 9.24. The summed E-state index contributed by atoms with van der Waals surface area (Å²) >= 11 is 2.26. The van der Waals surface area contributed by atoms with Crippen molar-refractivity contribution in [3.05, 3.63) is 68.8 Å². The van der Waals surface area contributed by atoms with Crippen molar-refractivity contribution in [2.45, 2.75) is 6.92 Å². The molecule has 0 fully saturated rings. The van der Waals surface area contributed by atoms with Gasteiger partial charge in [-0.1, -0.05) is 42.0 Å². The van der Waals surface area contributed by atoms with Crippen molar-refractivity contribution in [3.8, 4) is 6.07 Å². The van der Waals surface area contributed by atoms with E-state index >= 15 is 0 Å². The number of rotatable bonds is 2. The van der Waals surface area contributed by atoms with Crippen molar-refractivity contribution in [1.82, 2.24) is 0 Å². The standard InChI is InChI=1S/C16H12IN/c1-12-2-4-13(5-3-12)10-15(11-18)14-6-8-16(17)9-7-14/h2-10H,1H3/b15-10-. The molecule has 0 aliphatic rings. The van der Waals surface area contributed by atoms with E-state index in [9.17, 15) is 5.26 Å². The quantitative estimate of drug-likeness (QED) is 0.441. The normalized spacial score (nSPS) is 11.1. The van der Waals surface area contributed by atoms with Crippen LogP contribution in [0.2, 0.25) is 0 Å². The predicted molar refractivity (Wildman–Crippen MR) is 83.8 cm³/mol. The molecule has 18 heavy (non-hydrogen) atoms. The van der Waals surface area contributed by atoms with Gasteiger partial charge in [-0.25, -0.2) is 0 Å². The van der Waals surface area contributed by atoms with Crippen LogP contribution in [0.25, 0.3) is 11.6 Å². The fourth-order valence-corrected chi connectivity index (χ4v) is 2.00. The Kier molecular flexibility index (Phi) is 4.16. The molecule has 0 radical (unpaired) electrons. The Balaban J connectivity index is 2.37. The Bertz CT molecular complexity index is 601. The van der Waals surface area contributed by atoms with E-state index in [-0.39, 0.29) is 0 Å². The molecule has 0 aromatic heterocycles. The molecule has 0 unspecified atom stereocenters. The van der Waals surface area contributed by atoms with Crippen LogP contribution in [0.5, 0.6) is 0 Å². The Morgan fingerprint density at radius 1 is 1.06 bits per heavy atom. The first-order valence-electron chi connectivity index (χ1n) is 5.63. The molecule has 0 spiro atoms. The number of nitriles is 1. The monoisotopic (exact) mass is 345 g/mol. The van der Waals surface area contributed by atoms with Gasteiger partial charge in [0.05, 0.1) is 11.6 Å². The average molecular weight is 345 g/mol. The minimum Gasteiger partial charge on any atom is -0.192 e. The van der Waals surface area contributed by atoms with Crippen LogP contribution in [0.4, 0.5) is 0 Å². The third-order valence-corrected chi connectivity index (χ3v) is 3.38. The summed E-state index contributed by atoms with van der Waals surface area (Å²) < 4.78 is 1.17. The molecule has 0 atom stereocenters. The lowest BCUT2D eigenvalue weighted by Crippen LogP contribution is -1.83. The molecule has 0 saturated heterocycles. The molecule has 88 valence electrons. The molecule has 0 saturated carbocycles. The van der Waals surface area contributed by atoms with Gasteiger partial charge in [0, 0.05) is 3.57 Å². The van der Waals surface area contributed by atoms with Gasteiger partial charge in [-0.2, -0.15) is 5.26 Å². The van der Waals surface area contributed by atoms with Gasteiger partial charge in [0.15, 0.2) is 0 Å². The summed E-state index contributed by atoms with van der Waals surface area (Å²) in [6.45, 7) is 2.05. The number of aryl methyl sites for hydroxylation is 1. The van der Waals surface area contributed by atoms with E-state index < -0.39 is 0 Å². The molecule has 0 N–H and O–H groups in total. The minimum atomic E-state index is 0.690. The van der Waals surface area contributed by atoms with Crippen LogP contribution in [0.15, 0.2) is 48.5 Å². The van der Waals surface area contributed by atoms with Crippen LogP contribution < -0.4 is 0 Å². The van der Waals surface area contributed by atoms with Crippen molar-refractivity contribution < 1.29 is 0 Å². The molecule has 2 heteroatoms. The fraction of sp³-hybridized carbons (Fsp3) is 0.0625. The van der Waals surface area contributed by atoms with E-state index in [1.54, 1.807) is 0 Å². The maximum Gasteiger partial charge on any atom is 0.0998 e. The smallest absolute Gasteiger partial charge is 0.0998 e. The first-order chi connectivity index (χ1) is 8.69. The SMILES string of the molecule is Cc1ccc(/C=C(/C#N)c2ccc(I)cc2)cc1. The minimum absolute atomic E-state index is 0.690. The van der Waals surface area contributed by atoms with Crippen LogP contribution in [0.3, 0.4) is 0 Å². The van der Waals surface area contributed by atoms with E-state index in [1.165, 1.54) is 9.13 Å². The first kappa shape index (κ1) is 12.8. The number of allylic oxidation sites excluding steroid dienone is 1. The van der Waals surface area contributed by atoms with E-state index in [2.05, 4.69) is 47.7 Å². The molecule has 2 aromatic carbocycles. The summed E-state index contributed by atoms with van der Waals surface area (Å²) in [6, 6.07) is 18.4. The number of benzene rings is 2. The number of hydrogen-bond donors (Lipinski definition) is 0. The van der Waals surface area contributed by atoms with E-state index in [0.717, 1.165) is 11.1 Å². The summed E-state index contributed by atoms with van der Waals surface area (Å²) in [5.74, 6) is 0. The zero-order valence-electron chi connectivity index (χ0n) is 10.0. The molecular formula is C16H12IN. The summed E-state index contributed by atoms with van der Waals surface area (Å²) in [7, 11) is 0. The van der Waals surface area contributed by atoms with Gasteiger partial charge in [0.2, 0.25) is 0 Å². The molecule has 0 amide bonds. The average Bonchev–Trinajstić information content (AvgIpc) is 2.39. The molecular weight excluding hydrogens is 333 g/mol. The van der Waals surface area contributed by atoms with Gasteiger partial charge in [0.25, 0.3) is 0 Å². The van der Waals surface area contributed by atoms with Crippen molar-refractivity contribution in [2.75, 3.05) is 0 Å². The highest BCUT2D eigenvalue weighted by Gasteiger charge is 2.00. The lowest BCUT2D eigenvalue weighted by Gasteiger charge is -2.00. The summed E-state index contributed by atoms with van der Waals surface area (Å²) in [4.78, 5) is 0. The Morgan fingerprint density at radius 3 is 2.22 bits per heavy atom. The number of hydrogen-bond acceptors (Lipinski definition) is 1. The maximum atomic E-state index is 9.24. The Morgan fingerprint density at radius 2 is 1.67 bits per heavy atom. The Hall–Kier alpha value is -1.60. The second kappa shape index (κ2) is 5.83. The summed E-state index contributed by atoms with van der Waals surface area (Å²) in [5.41, 5.74) is 3.92. The van der Waals surface area contributed by atoms with Gasteiger partial charge in [-0.05, 0) is 58.9 Å². The lowest BCUT2D eigenvalue weighted by atomic mass is 10.0. The third-order valence-electron chi connectivity index (χ3n) is 2.66. The zero-order chi connectivity index (χ0) is 13.0. The van der Waals surface area contributed by atoms with Crippen molar-refractivity contribution in [3.63, 3.8) is 0 Å². The van der Waals surface area contributed by atoms with Crippen LogP contribution in [-0.2, 0) is 0 Å². The third kappa shape index (κ3) is 3.21. The molecule has 0 aliphatic carbocycles. The fourth-order valence-electron chi connectivity index (χ4n) is 1.64. The second-order valence-corrected chi connectivity index (χ2v) is 5.33. The van der Waals surface area contributed by atoms with Crippen LogP contribution in [-0.4, -0.2) is 0 Å². The number of nitrogens with zero attached hydrogens (tertiary/aromatic N) is 1. The molecule has 1 nitrogen and oxygen atoms in total. The molecule has 2 rings (SSSR count). The topological polar surface area (TPSA) is 23.8 Å². The van der Waals surface area contributed by atoms with Crippen LogP contribution in [0, 0.1) is 21.8 Å². The van der Waals surface area contributed by atoms with Crippen molar-refractivity contribution >= 4 is 34.2 Å². The van der Waals surface area contributed by atoms with E-state index in [4.69, 9.17) is 0 Å². The Labute approximate surface area is 121 Å². The predicted octanol–water partition coefficient (Wildman–Crippen LogP) is 4.66. The van der Waals surface area contributed by atoms with Crippen molar-refractivity contribution in [1.29, 1.82) is 5.26 Å². The zero-order valence-corrected chi connectivity index (χ0v) is 12.2. The van der Waals surface area contributed by atoms with Gasteiger partial charge < -0.3 is 0 Å². The second-order valence-electron chi connectivity index (χ2n) is 4.09. The van der Waals surface area contributed by atoms with Gasteiger partial charge >= 0.3 is 0 Å². The summed E-state index contributed by atoms with van der Waals surface area (Å²) in [6.07, 6.45) is 1.92. The van der Waals surface area contributed by atoms with E-state index in [1.807, 2.05) is 42.5 Å². The van der Waals surface area contributed by atoms with Crippen molar-refractivity contribution in [2.24, 2.45) is 0 Å². The largest absolute Gasteiger partial charge is 0.192 e. The first-order valence-corrected chi connectivity index (χ1v) is 6.71. The number of halogens is 1. The molecule has 0 aliphatic heterocycles. The van der Waals surface area contributed by atoms with Crippen LogP contribution >= 0.6 is 22.6 Å². The van der Waals surface area contributed by atoms with Gasteiger partial charge in [-0.15, -0.1) is 0 Å². The van der Waals surface area contributed by atoms with Gasteiger partial charge in [-0.3, -0.25) is 0 Å². The molecule has 0 bridgehead atoms. The highest BCUT2D eigenvalue weighted by atomic mass is 127. The molecule has 2 aromatic rings. The van der Waals surface area contributed by atoms with E-state index in [0.29, 0.717) is 5.57 Å².